The Morgan fingerprint density at radius 1 is 0.278 bits per heavy atom. The second-order valence-corrected chi connectivity index (χ2v) is 20.2. The number of hydrogen-bond donors (Lipinski definition) is 0. The minimum Gasteiger partial charge on any atom is -0.458 e. The van der Waals surface area contributed by atoms with Crippen LogP contribution in [0.1, 0.15) is 0 Å². The standard InChI is InChI=1S/C66H42B2N2OS/c1-5-21-43(22-6-1)47-37-59-65-62(39-47)71-61-35-19-15-31-51(61)67(65)53-41-54-58(42-57(53)69(59)55-33-17-13-29-49(55)45-25-9-3-10-26-45)70(56-34-18-14-30-50(56)46-27-11-4-12-28-46)60-38-48(44-23-7-2-8-24-44)40-64-66(60)68(54)52-32-16-20-36-63(52)72-64/h1-42H. The molecular formula is C66H42B2N2OS. The van der Waals surface area contributed by atoms with Crippen molar-refractivity contribution in [2.75, 3.05) is 9.80 Å². The minimum atomic E-state index is -0.107. The topological polar surface area (TPSA) is 15.7 Å². The van der Waals surface area contributed by atoms with Gasteiger partial charge in [0.15, 0.2) is 0 Å². The highest BCUT2D eigenvalue weighted by Crippen LogP contribution is 2.51. The molecule has 0 unspecified atom stereocenters. The van der Waals surface area contributed by atoms with E-state index in [1.165, 1.54) is 70.5 Å². The number of fused-ring (bicyclic) bond motifs is 8. The molecule has 0 atom stereocenters. The van der Waals surface area contributed by atoms with Gasteiger partial charge in [0.25, 0.3) is 6.71 Å². The summed E-state index contributed by atoms with van der Waals surface area (Å²) in [5.74, 6) is 1.78. The predicted molar refractivity (Wildman–Crippen MR) is 304 cm³/mol. The van der Waals surface area contributed by atoms with E-state index in [4.69, 9.17) is 4.74 Å². The molecule has 0 saturated carbocycles. The zero-order valence-electron chi connectivity index (χ0n) is 39.1. The monoisotopic (exact) mass is 932 g/mol. The van der Waals surface area contributed by atoms with Crippen LogP contribution >= 0.6 is 11.8 Å². The third-order valence-electron chi connectivity index (χ3n) is 15.2. The lowest BCUT2D eigenvalue weighted by Crippen LogP contribution is -2.64. The van der Waals surface area contributed by atoms with Crippen LogP contribution in [0.2, 0.25) is 0 Å². The average Bonchev–Trinajstić information content (AvgIpc) is 3.45. The van der Waals surface area contributed by atoms with Gasteiger partial charge in [-0.25, -0.2) is 0 Å². The zero-order valence-corrected chi connectivity index (χ0v) is 39.9. The Kier molecular flexibility index (Phi) is 9.39. The van der Waals surface area contributed by atoms with Crippen molar-refractivity contribution in [1.29, 1.82) is 0 Å². The lowest BCUT2D eigenvalue weighted by Gasteiger charge is -2.45. The molecule has 0 aromatic heterocycles. The average molecular weight is 933 g/mol. The highest BCUT2D eigenvalue weighted by Gasteiger charge is 2.47. The van der Waals surface area contributed by atoms with Crippen LogP contribution in [0.4, 0.5) is 34.1 Å². The fourth-order valence-electron chi connectivity index (χ4n) is 12.1. The first-order valence-electron chi connectivity index (χ1n) is 24.8. The second kappa shape index (κ2) is 16.4. The van der Waals surface area contributed by atoms with Crippen LogP contribution in [0.15, 0.2) is 265 Å². The van der Waals surface area contributed by atoms with Crippen LogP contribution in [0, 0.1) is 0 Å². The van der Waals surface area contributed by atoms with E-state index in [1.807, 2.05) is 11.8 Å². The van der Waals surface area contributed by atoms with Gasteiger partial charge in [-0.1, -0.05) is 217 Å². The van der Waals surface area contributed by atoms with E-state index in [2.05, 4.69) is 265 Å². The van der Waals surface area contributed by atoms with E-state index in [-0.39, 0.29) is 13.4 Å². The van der Waals surface area contributed by atoms with Crippen LogP contribution in [-0.2, 0) is 0 Å². The van der Waals surface area contributed by atoms with Crippen molar-refractivity contribution in [3.8, 4) is 56.0 Å². The van der Waals surface area contributed by atoms with E-state index in [1.54, 1.807) is 0 Å². The predicted octanol–water partition coefficient (Wildman–Crippen LogP) is 13.5. The molecule has 0 bridgehead atoms. The van der Waals surface area contributed by atoms with Crippen LogP contribution in [-0.4, -0.2) is 13.4 Å². The molecule has 11 aromatic carbocycles. The normalized spacial score (nSPS) is 13.2. The SMILES string of the molecule is c1ccc(-c2cc3c4c(c2)N(c2ccccc2-c2ccccc2)c2cc5c(cc2B4c2ccccc2O3)B2c3ccccc3Sc3cc(-c4ccccc4)cc(c32)N5c2ccccc2-c2ccccc2)cc1. The molecule has 4 aliphatic rings. The van der Waals surface area contributed by atoms with Gasteiger partial charge in [-0.15, -0.1) is 0 Å². The quantitative estimate of drug-likeness (QED) is 0.154. The van der Waals surface area contributed by atoms with Gasteiger partial charge in [-0.3, -0.25) is 0 Å². The Hall–Kier alpha value is -8.70. The number of benzene rings is 11. The molecular weight excluding hydrogens is 890 g/mol. The van der Waals surface area contributed by atoms with Gasteiger partial charge in [0, 0.05) is 43.7 Å². The first-order chi connectivity index (χ1) is 35.7. The maximum Gasteiger partial charge on any atom is 0.256 e. The summed E-state index contributed by atoms with van der Waals surface area (Å²) < 4.78 is 7.11. The van der Waals surface area contributed by atoms with Gasteiger partial charge in [-0.05, 0) is 115 Å². The summed E-state index contributed by atoms with van der Waals surface area (Å²) >= 11 is 1.90. The third-order valence-corrected chi connectivity index (χ3v) is 16.3. The molecule has 0 aliphatic carbocycles. The largest absolute Gasteiger partial charge is 0.458 e. The lowest BCUT2D eigenvalue weighted by atomic mass is 9.31. The molecule has 334 valence electrons. The van der Waals surface area contributed by atoms with Crippen molar-refractivity contribution in [3.05, 3.63) is 255 Å². The smallest absolute Gasteiger partial charge is 0.256 e. The summed E-state index contributed by atoms with van der Waals surface area (Å²) in [5.41, 5.74) is 23.8. The molecule has 11 aromatic rings. The first kappa shape index (κ1) is 41.1. The minimum absolute atomic E-state index is 0.0285. The maximum absolute atomic E-state index is 7.11. The number of ether oxygens (including phenoxy) is 1. The fourth-order valence-corrected chi connectivity index (χ4v) is 13.3. The van der Waals surface area contributed by atoms with Crippen molar-refractivity contribution in [2.45, 2.75) is 9.79 Å². The van der Waals surface area contributed by atoms with E-state index in [9.17, 15) is 0 Å². The molecule has 6 heteroatoms. The third kappa shape index (κ3) is 6.35. The molecule has 0 saturated heterocycles. The summed E-state index contributed by atoms with van der Waals surface area (Å²) in [6.45, 7) is -0.135. The molecule has 0 radical (unpaired) electrons. The molecule has 72 heavy (non-hydrogen) atoms. The molecule has 0 amide bonds. The molecule has 0 spiro atoms. The van der Waals surface area contributed by atoms with Crippen molar-refractivity contribution in [3.63, 3.8) is 0 Å². The molecule has 0 N–H and O–H groups in total. The van der Waals surface area contributed by atoms with Crippen molar-refractivity contribution >= 4 is 92.1 Å². The number of rotatable bonds is 6. The maximum atomic E-state index is 7.11. The summed E-state index contributed by atoms with van der Waals surface area (Å²) in [6.07, 6.45) is 0. The van der Waals surface area contributed by atoms with Crippen molar-refractivity contribution < 1.29 is 4.74 Å². The van der Waals surface area contributed by atoms with E-state index < -0.39 is 0 Å². The van der Waals surface area contributed by atoms with E-state index >= 15 is 0 Å². The number of para-hydroxylation sites is 3. The fraction of sp³-hybridized carbons (Fsp3) is 0. The Labute approximate surface area is 424 Å². The molecule has 0 fully saturated rings. The van der Waals surface area contributed by atoms with Gasteiger partial charge in [-0.2, -0.15) is 0 Å². The van der Waals surface area contributed by atoms with Gasteiger partial charge in [0.2, 0.25) is 6.71 Å². The Bertz CT molecular complexity index is 3710. The molecule has 15 rings (SSSR count). The Morgan fingerprint density at radius 2 is 0.736 bits per heavy atom. The second-order valence-electron chi connectivity index (χ2n) is 19.1. The van der Waals surface area contributed by atoms with Gasteiger partial charge < -0.3 is 14.5 Å². The summed E-state index contributed by atoms with van der Waals surface area (Å²) in [4.78, 5) is 7.75. The number of nitrogens with zero attached hydrogens (tertiary/aromatic N) is 2. The van der Waals surface area contributed by atoms with Crippen LogP contribution < -0.4 is 47.3 Å². The highest BCUT2D eigenvalue weighted by molar-refractivity contribution is 8.00. The van der Waals surface area contributed by atoms with Gasteiger partial charge >= 0.3 is 0 Å². The van der Waals surface area contributed by atoms with Gasteiger partial charge in [0.1, 0.15) is 11.5 Å². The Balaban J connectivity index is 1.09. The van der Waals surface area contributed by atoms with Crippen molar-refractivity contribution in [1.82, 2.24) is 0 Å². The summed E-state index contributed by atoms with van der Waals surface area (Å²) in [6, 6.07) is 93.8. The molecule has 4 aliphatic heterocycles. The lowest BCUT2D eigenvalue weighted by molar-refractivity contribution is 0.488. The zero-order chi connectivity index (χ0) is 47.3. The summed E-state index contributed by atoms with van der Waals surface area (Å²) in [7, 11) is 0. The Morgan fingerprint density at radius 3 is 1.33 bits per heavy atom. The van der Waals surface area contributed by atoms with Crippen molar-refractivity contribution in [2.24, 2.45) is 0 Å². The van der Waals surface area contributed by atoms with E-state index in [0.29, 0.717) is 0 Å². The van der Waals surface area contributed by atoms with Crippen LogP contribution in [0.5, 0.6) is 11.5 Å². The number of anilines is 6. The summed E-state index contributed by atoms with van der Waals surface area (Å²) in [5, 5.41) is 0. The van der Waals surface area contributed by atoms with Gasteiger partial charge in [0.05, 0.1) is 11.4 Å². The van der Waals surface area contributed by atoms with E-state index in [0.717, 1.165) is 62.2 Å². The molecule has 3 nitrogen and oxygen atoms in total. The number of hydrogen-bond acceptors (Lipinski definition) is 4. The molecule has 4 heterocycles. The first-order valence-corrected chi connectivity index (χ1v) is 25.6. The van der Waals surface area contributed by atoms with Crippen LogP contribution in [0.25, 0.3) is 44.5 Å². The van der Waals surface area contributed by atoms with Crippen LogP contribution in [0.3, 0.4) is 0 Å². The highest BCUT2D eigenvalue weighted by atomic mass is 32.2.